The van der Waals surface area contributed by atoms with Crippen molar-refractivity contribution in [2.75, 3.05) is 74.1 Å². The molecule has 0 unspecified atom stereocenters. The molecule has 0 spiro atoms. The van der Waals surface area contributed by atoms with Gasteiger partial charge in [-0.05, 0) is 14.0 Å². The van der Waals surface area contributed by atoms with Crippen LogP contribution in [0.2, 0.25) is 0 Å². The topological polar surface area (TPSA) is 64.5 Å². The molecule has 2 aromatic heterocycles. The Labute approximate surface area is 154 Å². The van der Waals surface area contributed by atoms with Crippen molar-refractivity contribution < 1.29 is 0 Å². The van der Waals surface area contributed by atoms with Gasteiger partial charge in [-0.3, -0.25) is 4.98 Å². The third kappa shape index (κ3) is 3.70. The quantitative estimate of drug-likeness (QED) is 0.796. The van der Waals surface area contributed by atoms with Crippen LogP contribution in [0.3, 0.4) is 0 Å². The molecule has 8 heteroatoms. The zero-order valence-electron chi connectivity index (χ0n) is 15.5. The molecule has 0 aliphatic carbocycles. The molecule has 2 aliphatic rings. The maximum atomic E-state index is 4.70. The summed E-state index contributed by atoms with van der Waals surface area (Å²) in [6, 6.07) is 2.15. The number of piperazine rings is 2. The lowest BCUT2D eigenvalue weighted by atomic mass is 10.3. The van der Waals surface area contributed by atoms with E-state index in [-0.39, 0.29) is 0 Å². The van der Waals surface area contributed by atoms with Crippen molar-refractivity contribution in [3.05, 3.63) is 30.5 Å². The summed E-state index contributed by atoms with van der Waals surface area (Å²) >= 11 is 0. The molecule has 0 bridgehead atoms. The summed E-state index contributed by atoms with van der Waals surface area (Å²) in [5.41, 5.74) is 0. The fraction of sp³-hybridized carbons (Fsp3) is 0.556. The molecule has 2 saturated heterocycles. The largest absolute Gasteiger partial charge is 0.354 e. The average Bonchev–Trinajstić information content (AvgIpc) is 2.69. The molecule has 4 heterocycles. The van der Waals surface area contributed by atoms with Gasteiger partial charge < -0.3 is 19.6 Å². The van der Waals surface area contributed by atoms with Crippen LogP contribution in [0.1, 0.15) is 5.82 Å². The standard InChI is InChI=1S/C18H26N8/c1-15-21-16(24-7-5-23(2)6-8-24)13-17(22-15)25-9-11-26(12-10-25)18-14-19-3-4-20-18/h3-4,13-14H,5-12H2,1-2H3. The molecule has 26 heavy (non-hydrogen) atoms. The highest BCUT2D eigenvalue weighted by molar-refractivity contribution is 5.52. The third-order valence-corrected chi connectivity index (χ3v) is 5.12. The number of hydrogen-bond donors (Lipinski definition) is 0. The zero-order chi connectivity index (χ0) is 17.9. The van der Waals surface area contributed by atoms with E-state index in [1.807, 2.05) is 13.1 Å². The lowest BCUT2D eigenvalue weighted by Crippen LogP contribution is -2.47. The lowest BCUT2D eigenvalue weighted by Gasteiger charge is -2.37. The molecular formula is C18H26N8. The van der Waals surface area contributed by atoms with Gasteiger partial charge in [0.05, 0.1) is 6.20 Å². The van der Waals surface area contributed by atoms with Crippen LogP contribution in [0.4, 0.5) is 17.5 Å². The van der Waals surface area contributed by atoms with E-state index >= 15 is 0 Å². The van der Waals surface area contributed by atoms with Gasteiger partial charge in [0.1, 0.15) is 23.3 Å². The van der Waals surface area contributed by atoms with E-state index in [2.05, 4.69) is 47.7 Å². The number of nitrogens with zero attached hydrogens (tertiary/aromatic N) is 8. The van der Waals surface area contributed by atoms with Gasteiger partial charge in [-0.1, -0.05) is 0 Å². The molecule has 0 aromatic carbocycles. The summed E-state index contributed by atoms with van der Waals surface area (Å²) in [7, 11) is 2.17. The highest BCUT2D eigenvalue weighted by Crippen LogP contribution is 2.22. The fourth-order valence-electron chi connectivity index (χ4n) is 3.52. The SMILES string of the molecule is Cc1nc(N2CCN(C)CC2)cc(N2CCN(c3cnccn3)CC2)n1. The van der Waals surface area contributed by atoms with Crippen LogP contribution < -0.4 is 14.7 Å². The van der Waals surface area contributed by atoms with Gasteiger partial charge in [0.15, 0.2) is 0 Å². The third-order valence-electron chi connectivity index (χ3n) is 5.12. The van der Waals surface area contributed by atoms with Crippen molar-refractivity contribution in [1.82, 2.24) is 24.8 Å². The second-order valence-corrected chi connectivity index (χ2v) is 6.96. The van der Waals surface area contributed by atoms with Crippen LogP contribution in [-0.2, 0) is 0 Å². The van der Waals surface area contributed by atoms with E-state index in [1.54, 1.807) is 12.4 Å². The van der Waals surface area contributed by atoms with E-state index in [0.717, 1.165) is 75.6 Å². The molecule has 4 rings (SSSR count). The maximum absolute atomic E-state index is 4.70. The molecule has 138 valence electrons. The molecule has 0 radical (unpaired) electrons. The van der Waals surface area contributed by atoms with Crippen LogP contribution in [0.15, 0.2) is 24.7 Å². The first-order valence-electron chi connectivity index (χ1n) is 9.24. The van der Waals surface area contributed by atoms with E-state index in [0.29, 0.717) is 0 Å². The van der Waals surface area contributed by atoms with Crippen molar-refractivity contribution in [2.45, 2.75) is 6.92 Å². The summed E-state index contributed by atoms with van der Waals surface area (Å²) in [4.78, 5) is 27.3. The molecule has 8 nitrogen and oxygen atoms in total. The number of anilines is 3. The minimum absolute atomic E-state index is 0.841. The second kappa shape index (κ2) is 7.41. The van der Waals surface area contributed by atoms with Gasteiger partial charge in [-0.2, -0.15) is 0 Å². The van der Waals surface area contributed by atoms with E-state index < -0.39 is 0 Å². The first-order chi connectivity index (χ1) is 12.7. The Morgan fingerprint density at radius 1 is 0.731 bits per heavy atom. The molecular weight excluding hydrogens is 328 g/mol. The second-order valence-electron chi connectivity index (χ2n) is 6.96. The maximum Gasteiger partial charge on any atom is 0.147 e. The Kier molecular flexibility index (Phi) is 4.83. The normalized spacial score (nSPS) is 19.1. The Morgan fingerprint density at radius 2 is 1.27 bits per heavy atom. The van der Waals surface area contributed by atoms with E-state index in [9.17, 15) is 0 Å². The van der Waals surface area contributed by atoms with Crippen LogP contribution >= 0.6 is 0 Å². The summed E-state index contributed by atoms with van der Waals surface area (Å²) in [6.07, 6.45) is 5.29. The van der Waals surface area contributed by atoms with E-state index in [1.165, 1.54) is 0 Å². The van der Waals surface area contributed by atoms with Crippen molar-refractivity contribution in [3.8, 4) is 0 Å². The first-order valence-corrected chi connectivity index (χ1v) is 9.24. The van der Waals surface area contributed by atoms with Gasteiger partial charge in [0, 0.05) is 70.8 Å². The molecule has 0 atom stereocenters. The van der Waals surface area contributed by atoms with Crippen LogP contribution in [0.5, 0.6) is 0 Å². The Balaban J connectivity index is 1.45. The molecule has 2 aromatic rings. The monoisotopic (exact) mass is 354 g/mol. The Hall–Kier alpha value is -2.48. The molecule has 2 fully saturated rings. The van der Waals surface area contributed by atoms with Gasteiger partial charge in [0.25, 0.3) is 0 Å². The van der Waals surface area contributed by atoms with Gasteiger partial charge in [-0.15, -0.1) is 0 Å². The highest BCUT2D eigenvalue weighted by atomic mass is 15.3. The average molecular weight is 354 g/mol. The zero-order valence-corrected chi connectivity index (χ0v) is 15.5. The Bertz CT molecular complexity index is 721. The molecule has 0 amide bonds. The summed E-state index contributed by atoms with van der Waals surface area (Å²) in [5.74, 6) is 3.87. The van der Waals surface area contributed by atoms with Gasteiger partial charge in [-0.25, -0.2) is 15.0 Å². The number of hydrogen-bond acceptors (Lipinski definition) is 8. The fourth-order valence-corrected chi connectivity index (χ4v) is 3.52. The van der Waals surface area contributed by atoms with Gasteiger partial charge >= 0.3 is 0 Å². The van der Waals surface area contributed by atoms with Crippen molar-refractivity contribution in [2.24, 2.45) is 0 Å². The summed E-state index contributed by atoms with van der Waals surface area (Å²) in [6.45, 7) is 9.88. The van der Waals surface area contributed by atoms with Crippen LogP contribution in [0.25, 0.3) is 0 Å². The minimum Gasteiger partial charge on any atom is -0.354 e. The minimum atomic E-state index is 0.841. The summed E-state index contributed by atoms with van der Waals surface area (Å²) in [5, 5.41) is 0. The number of aromatic nitrogens is 4. The number of likely N-dealkylation sites (N-methyl/N-ethyl adjacent to an activating group) is 1. The predicted molar refractivity (Wildman–Crippen MR) is 103 cm³/mol. The highest BCUT2D eigenvalue weighted by Gasteiger charge is 2.22. The van der Waals surface area contributed by atoms with Crippen LogP contribution in [0, 0.1) is 6.92 Å². The van der Waals surface area contributed by atoms with Crippen molar-refractivity contribution in [1.29, 1.82) is 0 Å². The van der Waals surface area contributed by atoms with Crippen LogP contribution in [-0.4, -0.2) is 84.2 Å². The van der Waals surface area contributed by atoms with Crippen molar-refractivity contribution in [3.63, 3.8) is 0 Å². The van der Waals surface area contributed by atoms with Crippen molar-refractivity contribution >= 4 is 17.5 Å². The lowest BCUT2D eigenvalue weighted by molar-refractivity contribution is 0.312. The molecule has 0 saturated carbocycles. The van der Waals surface area contributed by atoms with E-state index in [4.69, 9.17) is 4.98 Å². The van der Waals surface area contributed by atoms with Gasteiger partial charge in [0.2, 0.25) is 0 Å². The number of rotatable bonds is 3. The Morgan fingerprint density at radius 3 is 1.81 bits per heavy atom. The number of aryl methyl sites for hydroxylation is 1. The first kappa shape index (κ1) is 17.0. The summed E-state index contributed by atoms with van der Waals surface area (Å²) < 4.78 is 0. The smallest absolute Gasteiger partial charge is 0.147 e. The predicted octanol–water partition coefficient (Wildman–Crippen LogP) is 0.653. The molecule has 2 aliphatic heterocycles. The molecule has 0 N–H and O–H groups in total.